The van der Waals surface area contributed by atoms with Gasteiger partial charge in [0.25, 0.3) is 0 Å². The predicted molar refractivity (Wildman–Crippen MR) is 73.0 cm³/mol. The zero-order valence-electron chi connectivity index (χ0n) is 11.3. The third-order valence-corrected chi connectivity index (χ3v) is 2.86. The molecule has 0 aliphatic heterocycles. The first-order valence-electron chi connectivity index (χ1n) is 6.32. The Balaban J connectivity index is 2.36. The molecule has 0 spiro atoms. The summed E-state index contributed by atoms with van der Waals surface area (Å²) in [4.78, 5) is 21.9. The molecule has 104 valence electrons. The van der Waals surface area contributed by atoms with Crippen LogP contribution in [-0.2, 0) is 4.79 Å². The lowest BCUT2D eigenvalue weighted by atomic mass is 10.0. The van der Waals surface area contributed by atoms with E-state index >= 15 is 0 Å². The van der Waals surface area contributed by atoms with Crippen LogP contribution in [0.15, 0.2) is 24.3 Å². The molecule has 1 aromatic rings. The minimum Gasteiger partial charge on any atom is -0.481 e. The number of urea groups is 1. The number of carbonyl (C=O) groups is 2. The number of hydrogen-bond acceptors (Lipinski definition) is 2. The lowest BCUT2D eigenvalue weighted by molar-refractivity contribution is -0.137. The van der Waals surface area contributed by atoms with Crippen LogP contribution < -0.4 is 10.6 Å². The molecular weight excluding hydrogens is 244 g/mol. The van der Waals surface area contributed by atoms with Gasteiger partial charge in [0.15, 0.2) is 0 Å². The zero-order valence-corrected chi connectivity index (χ0v) is 11.3. The quantitative estimate of drug-likeness (QED) is 0.689. The van der Waals surface area contributed by atoms with Gasteiger partial charge in [0.2, 0.25) is 0 Å². The number of carboxylic acid groups (broad SMARTS) is 1. The third kappa shape index (κ3) is 5.42. The van der Waals surface area contributed by atoms with Crippen LogP contribution in [0.2, 0.25) is 0 Å². The van der Waals surface area contributed by atoms with Crippen molar-refractivity contribution in [3.05, 3.63) is 35.4 Å². The van der Waals surface area contributed by atoms with E-state index in [4.69, 9.17) is 5.11 Å². The molecule has 19 heavy (non-hydrogen) atoms. The van der Waals surface area contributed by atoms with Crippen molar-refractivity contribution in [3.63, 3.8) is 0 Å². The first-order valence-corrected chi connectivity index (χ1v) is 6.32. The molecule has 0 aromatic heterocycles. The van der Waals surface area contributed by atoms with Crippen LogP contribution in [0.3, 0.4) is 0 Å². The monoisotopic (exact) mass is 264 g/mol. The number of nitrogens with one attached hydrogen (secondary N) is 2. The van der Waals surface area contributed by atoms with Crippen LogP contribution in [0.1, 0.15) is 36.9 Å². The summed E-state index contributed by atoms with van der Waals surface area (Å²) in [7, 11) is 0. The van der Waals surface area contributed by atoms with Gasteiger partial charge in [-0.15, -0.1) is 0 Å². The first kappa shape index (κ1) is 15.0. The van der Waals surface area contributed by atoms with Crippen molar-refractivity contribution in [2.24, 2.45) is 0 Å². The Kier molecular flexibility index (Phi) is 5.85. The molecule has 1 atom stereocenters. The maximum absolute atomic E-state index is 11.6. The summed E-state index contributed by atoms with van der Waals surface area (Å²) >= 11 is 0. The van der Waals surface area contributed by atoms with Gasteiger partial charge in [0.1, 0.15) is 0 Å². The SMILES string of the molecule is Cc1ccccc1C(C)NC(=O)NCCCC(=O)O. The van der Waals surface area contributed by atoms with E-state index in [1.165, 1.54) is 0 Å². The Labute approximate surface area is 113 Å². The van der Waals surface area contributed by atoms with Crippen LogP contribution in [-0.4, -0.2) is 23.7 Å². The Bertz CT molecular complexity index is 446. The maximum Gasteiger partial charge on any atom is 0.315 e. The summed E-state index contributed by atoms with van der Waals surface area (Å²) in [6, 6.07) is 7.51. The van der Waals surface area contributed by atoms with Crippen molar-refractivity contribution in [1.82, 2.24) is 10.6 Å². The van der Waals surface area contributed by atoms with E-state index < -0.39 is 5.97 Å². The standard InChI is InChI=1S/C14H20N2O3/c1-10-6-3-4-7-12(10)11(2)16-14(19)15-9-5-8-13(17)18/h3-4,6-7,11H,5,8-9H2,1-2H3,(H,17,18)(H2,15,16,19). The lowest BCUT2D eigenvalue weighted by Gasteiger charge is -2.16. The summed E-state index contributed by atoms with van der Waals surface area (Å²) in [6.07, 6.45) is 0.495. The van der Waals surface area contributed by atoms with E-state index in [9.17, 15) is 9.59 Å². The molecule has 5 heteroatoms. The highest BCUT2D eigenvalue weighted by Gasteiger charge is 2.10. The summed E-state index contributed by atoms with van der Waals surface area (Å²) in [5, 5.41) is 13.9. The normalized spacial score (nSPS) is 11.7. The van der Waals surface area contributed by atoms with Crippen molar-refractivity contribution in [2.45, 2.75) is 32.7 Å². The highest BCUT2D eigenvalue weighted by atomic mass is 16.4. The molecule has 0 fully saturated rings. The summed E-state index contributed by atoms with van der Waals surface area (Å²) in [5.74, 6) is -0.851. The highest BCUT2D eigenvalue weighted by Crippen LogP contribution is 2.16. The molecular formula is C14H20N2O3. The second-order valence-corrected chi connectivity index (χ2v) is 4.48. The molecule has 0 aliphatic rings. The van der Waals surface area contributed by atoms with Gasteiger partial charge in [-0.2, -0.15) is 0 Å². The first-order chi connectivity index (χ1) is 9.00. The van der Waals surface area contributed by atoms with Gasteiger partial charge >= 0.3 is 12.0 Å². The predicted octanol–water partition coefficient (Wildman–Crippen LogP) is 2.22. The molecule has 3 N–H and O–H groups in total. The molecule has 1 aromatic carbocycles. The smallest absolute Gasteiger partial charge is 0.315 e. The van der Waals surface area contributed by atoms with Gasteiger partial charge in [-0.3, -0.25) is 4.79 Å². The molecule has 0 saturated heterocycles. The molecule has 5 nitrogen and oxygen atoms in total. The summed E-state index contributed by atoms with van der Waals surface area (Å²) in [5.41, 5.74) is 2.20. The molecule has 0 saturated carbocycles. The second kappa shape index (κ2) is 7.41. The molecule has 1 rings (SSSR count). The average Bonchev–Trinajstić information content (AvgIpc) is 2.35. The van der Waals surface area contributed by atoms with E-state index in [2.05, 4.69) is 10.6 Å². The van der Waals surface area contributed by atoms with Crippen molar-refractivity contribution in [2.75, 3.05) is 6.54 Å². The van der Waals surface area contributed by atoms with Crippen molar-refractivity contribution >= 4 is 12.0 Å². The van der Waals surface area contributed by atoms with Crippen LogP contribution >= 0.6 is 0 Å². The topological polar surface area (TPSA) is 78.4 Å². The fourth-order valence-electron chi connectivity index (χ4n) is 1.84. The minimum atomic E-state index is -0.851. The largest absolute Gasteiger partial charge is 0.481 e. The Morgan fingerprint density at radius 3 is 2.63 bits per heavy atom. The van der Waals surface area contributed by atoms with Gasteiger partial charge in [-0.05, 0) is 31.4 Å². The van der Waals surface area contributed by atoms with Crippen LogP contribution in [0.5, 0.6) is 0 Å². The van der Waals surface area contributed by atoms with Crippen molar-refractivity contribution in [3.8, 4) is 0 Å². The van der Waals surface area contributed by atoms with Crippen LogP contribution in [0, 0.1) is 6.92 Å². The summed E-state index contributed by atoms with van der Waals surface area (Å²) < 4.78 is 0. The second-order valence-electron chi connectivity index (χ2n) is 4.48. The molecule has 1 unspecified atom stereocenters. The number of amides is 2. The van der Waals surface area contributed by atoms with Crippen LogP contribution in [0.4, 0.5) is 4.79 Å². The van der Waals surface area contributed by atoms with Gasteiger partial charge < -0.3 is 15.7 Å². The van der Waals surface area contributed by atoms with E-state index in [1.807, 2.05) is 38.1 Å². The highest BCUT2D eigenvalue weighted by molar-refractivity contribution is 5.74. The zero-order chi connectivity index (χ0) is 14.3. The number of carbonyl (C=O) groups excluding carboxylic acids is 1. The number of carboxylic acids is 1. The third-order valence-electron chi connectivity index (χ3n) is 2.86. The Morgan fingerprint density at radius 2 is 2.00 bits per heavy atom. The summed E-state index contributed by atoms with van der Waals surface area (Å²) in [6.45, 7) is 4.27. The average molecular weight is 264 g/mol. The number of aryl methyl sites for hydroxylation is 1. The van der Waals surface area contributed by atoms with Gasteiger partial charge in [0, 0.05) is 13.0 Å². The molecule has 2 amide bonds. The number of rotatable bonds is 6. The molecule has 0 bridgehead atoms. The van der Waals surface area contributed by atoms with E-state index in [1.54, 1.807) is 0 Å². The molecule has 0 radical (unpaired) electrons. The van der Waals surface area contributed by atoms with E-state index in [0.717, 1.165) is 11.1 Å². The van der Waals surface area contributed by atoms with E-state index in [0.29, 0.717) is 13.0 Å². The van der Waals surface area contributed by atoms with E-state index in [-0.39, 0.29) is 18.5 Å². The Morgan fingerprint density at radius 1 is 1.32 bits per heavy atom. The number of aliphatic carboxylic acids is 1. The Hall–Kier alpha value is -2.04. The molecule has 0 heterocycles. The van der Waals surface area contributed by atoms with Gasteiger partial charge in [-0.1, -0.05) is 24.3 Å². The van der Waals surface area contributed by atoms with Gasteiger partial charge in [0.05, 0.1) is 6.04 Å². The van der Waals surface area contributed by atoms with Crippen LogP contribution in [0.25, 0.3) is 0 Å². The van der Waals surface area contributed by atoms with Crippen molar-refractivity contribution < 1.29 is 14.7 Å². The molecule has 0 aliphatic carbocycles. The number of hydrogen-bond donors (Lipinski definition) is 3. The maximum atomic E-state index is 11.6. The lowest BCUT2D eigenvalue weighted by Crippen LogP contribution is -2.37. The fraction of sp³-hybridized carbons (Fsp3) is 0.429. The van der Waals surface area contributed by atoms with Crippen molar-refractivity contribution in [1.29, 1.82) is 0 Å². The fourth-order valence-corrected chi connectivity index (χ4v) is 1.84. The number of benzene rings is 1. The minimum absolute atomic E-state index is 0.0631. The van der Waals surface area contributed by atoms with Gasteiger partial charge in [-0.25, -0.2) is 4.79 Å².